The van der Waals surface area contributed by atoms with Gasteiger partial charge < -0.3 is 4.55 Å². The molecule has 2 aromatic carbocycles. The quantitative estimate of drug-likeness (QED) is 0.332. The van der Waals surface area contributed by atoms with Crippen molar-refractivity contribution < 1.29 is 42.5 Å². The van der Waals surface area contributed by atoms with Crippen molar-refractivity contribution in [1.82, 2.24) is 0 Å². The van der Waals surface area contributed by atoms with E-state index in [9.17, 15) is 13.0 Å². The number of rotatable bonds is 11. The van der Waals surface area contributed by atoms with Crippen molar-refractivity contribution in [2.45, 2.75) is 83.0 Å². The number of unbranched alkanes of at least 4 members (excludes halogenated alkanes) is 6. The number of aryl methyl sites for hydroxylation is 2. The summed E-state index contributed by atoms with van der Waals surface area (Å²) in [4.78, 5) is -0.0255. The van der Waals surface area contributed by atoms with Crippen molar-refractivity contribution in [2.24, 2.45) is 0 Å². The molecule has 0 unspecified atom stereocenters. The van der Waals surface area contributed by atoms with Gasteiger partial charge in [0.2, 0.25) is 0 Å². The Hall–Kier alpha value is -0.390. The van der Waals surface area contributed by atoms with Crippen molar-refractivity contribution in [3.8, 4) is 0 Å². The second-order valence-corrected chi connectivity index (χ2v) is 8.52. The Morgan fingerprint density at radius 2 is 1.41 bits per heavy atom. The maximum atomic E-state index is 11.8. The van der Waals surface area contributed by atoms with E-state index in [4.69, 9.17) is 0 Å². The van der Waals surface area contributed by atoms with Crippen LogP contribution >= 0.6 is 0 Å². The van der Waals surface area contributed by atoms with Crippen LogP contribution in [0.2, 0.25) is 0 Å². The second-order valence-electron chi connectivity index (χ2n) is 7.17. The average Bonchev–Trinajstić information content (AvgIpc) is 2.61. The SMILES string of the molecule is CCCCCCc1cc2cccc(CCCCCC)c2cc1S(=O)(=O)[O-].[Na+]. The van der Waals surface area contributed by atoms with E-state index in [1.807, 2.05) is 18.2 Å². The standard InChI is InChI=1S/C22H32O3S.Na/c1-3-5-7-9-12-18-14-11-15-19-16-20(13-10-8-6-4-2)22(17-21(18)19)26(23,24)25;/h11,14-17H,3-10,12-13H2,1-2H3,(H,23,24,25);/q;+1/p-1. The van der Waals surface area contributed by atoms with Crippen molar-refractivity contribution in [1.29, 1.82) is 0 Å². The zero-order chi connectivity index (χ0) is 19.0. The Kier molecular flexibility index (Phi) is 11.2. The van der Waals surface area contributed by atoms with Crippen molar-refractivity contribution in [3.05, 3.63) is 41.5 Å². The number of hydrogen-bond donors (Lipinski definition) is 0. The van der Waals surface area contributed by atoms with E-state index in [1.165, 1.54) is 19.3 Å². The Bertz CT molecular complexity index is 816. The fraction of sp³-hybridized carbons (Fsp3) is 0.545. The minimum absolute atomic E-state index is 0. The molecule has 0 N–H and O–H groups in total. The molecule has 0 fully saturated rings. The predicted molar refractivity (Wildman–Crippen MR) is 108 cm³/mol. The van der Waals surface area contributed by atoms with Crippen LogP contribution in [0.25, 0.3) is 10.8 Å². The van der Waals surface area contributed by atoms with Gasteiger partial charge in [0, 0.05) is 0 Å². The van der Waals surface area contributed by atoms with Crippen LogP contribution in [0.15, 0.2) is 35.2 Å². The van der Waals surface area contributed by atoms with E-state index in [2.05, 4.69) is 19.9 Å². The van der Waals surface area contributed by atoms with Gasteiger partial charge in [-0.05, 0) is 59.7 Å². The molecule has 0 aliphatic heterocycles. The normalized spacial score (nSPS) is 11.5. The third-order valence-electron chi connectivity index (χ3n) is 5.02. The summed E-state index contributed by atoms with van der Waals surface area (Å²) in [6, 6.07) is 9.64. The topological polar surface area (TPSA) is 57.2 Å². The van der Waals surface area contributed by atoms with Gasteiger partial charge in [-0.3, -0.25) is 0 Å². The molecule has 27 heavy (non-hydrogen) atoms. The molecular weight excluding hydrogens is 367 g/mol. The summed E-state index contributed by atoms with van der Waals surface area (Å²) in [7, 11) is -4.46. The fourth-order valence-electron chi connectivity index (χ4n) is 3.55. The molecule has 0 bridgehead atoms. The molecule has 0 radical (unpaired) electrons. The van der Waals surface area contributed by atoms with Gasteiger partial charge in [-0.1, -0.05) is 70.6 Å². The first-order valence-electron chi connectivity index (χ1n) is 9.97. The van der Waals surface area contributed by atoms with Crippen LogP contribution < -0.4 is 29.6 Å². The number of benzene rings is 2. The summed E-state index contributed by atoms with van der Waals surface area (Å²) < 4.78 is 35.5. The van der Waals surface area contributed by atoms with Gasteiger partial charge in [0.05, 0.1) is 4.90 Å². The van der Waals surface area contributed by atoms with E-state index >= 15 is 0 Å². The molecule has 0 saturated carbocycles. The Balaban J connectivity index is 0.00000364. The van der Waals surface area contributed by atoms with Crippen LogP contribution in [0, 0.1) is 0 Å². The first-order chi connectivity index (χ1) is 12.5. The maximum Gasteiger partial charge on any atom is 1.00 e. The van der Waals surface area contributed by atoms with Gasteiger partial charge in [-0.2, -0.15) is 0 Å². The summed E-state index contributed by atoms with van der Waals surface area (Å²) in [6.45, 7) is 4.33. The van der Waals surface area contributed by atoms with Crippen LogP contribution in [0.5, 0.6) is 0 Å². The first kappa shape index (κ1) is 24.6. The van der Waals surface area contributed by atoms with Crippen LogP contribution in [-0.4, -0.2) is 13.0 Å². The second kappa shape index (κ2) is 12.2. The molecule has 0 aliphatic rings. The fourth-order valence-corrected chi connectivity index (χ4v) is 4.29. The molecular formula is C22H31NaO3S. The Labute approximate surface area is 187 Å². The molecule has 3 nitrogen and oxygen atoms in total. The molecule has 2 aromatic rings. The van der Waals surface area contributed by atoms with Crippen LogP contribution in [-0.2, 0) is 23.0 Å². The van der Waals surface area contributed by atoms with Gasteiger partial charge in [-0.25, -0.2) is 8.42 Å². The summed E-state index contributed by atoms with van der Waals surface area (Å²) >= 11 is 0. The molecule has 0 heterocycles. The van der Waals surface area contributed by atoms with Gasteiger partial charge in [0.25, 0.3) is 0 Å². The van der Waals surface area contributed by atoms with Crippen molar-refractivity contribution in [3.63, 3.8) is 0 Å². The van der Waals surface area contributed by atoms with Crippen LogP contribution in [0.3, 0.4) is 0 Å². The first-order valence-corrected chi connectivity index (χ1v) is 11.4. The third-order valence-corrected chi connectivity index (χ3v) is 5.94. The molecule has 0 spiro atoms. The van der Waals surface area contributed by atoms with E-state index < -0.39 is 10.1 Å². The molecule has 0 aliphatic carbocycles. The largest absolute Gasteiger partial charge is 1.00 e. The monoisotopic (exact) mass is 398 g/mol. The molecule has 0 atom stereocenters. The summed E-state index contributed by atoms with van der Waals surface area (Å²) in [5.74, 6) is 0. The molecule has 0 saturated heterocycles. The molecule has 0 amide bonds. The van der Waals surface area contributed by atoms with Crippen LogP contribution in [0.1, 0.15) is 76.3 Å². The minimum Gasteiger partial charge on any atom is -0.744 e. The van der Waals surface area contributed by atoms with E-state index in [0.29, 0.717) is 12.0 Å². The average molecular weight is 399 g/mol. The third kappa shape index (κ3) is 7.51. The smallest absolute Gasteiger partial charge is 0.744 e. The zero-order valence-electron chi connectivity index (χ0n) is 17.1. The zero-order valence-corrected chi connectivity index (χ0v) is 19.9. The maximum absolute atomic E-state index is 11.8. The van der Waals surface area contributed by atoms with Gasteiger partial charge in [-0.15, -0.1) is 0 Å². The minimum atomic E-state index is -4.46. The van der Waals surface area contributed by atoms with E-state index in [0.717, 1.165) is 54.9 Å². The number of hydrogen-bond acceptors (Lipinski definition) is 3. The Morgan fingerprint density at radius 3 is 1.96 bits per heavy atom. The summed E-state index contributed by atoms with van der Waals surface area (Å²) in [5, 5.41) is 1.95. The van der Waals surface area contributed by atoms with Crippen LogP contribution in [0.4, 0.5) is 0 Å². The van der Waals surface area contributed by atoms with Crippen molar-refractivity contribution in [2.75, 3.05) is 0 Å². The summed E-state index contributed by atoms with van der Waals surface area (Å²) in [6.07, 6.45) is 10.5. The molecule has 5 heteroatoms. The molecule has 0 aromatic heterocycles. The molecule has 2 rings (SSSR count). The van der Waals surface area contributed by atoms with Gasteiger partial charge in [0.1, 0.15) is 10.1 Å². The van der Waals surface area contributed by atoms with Gasteiger partial charge >= 0.3 is 29.6 Å². The van der Waals surface area contributed by atoms with E-state index in [1.54, 1.807) is 6.07 Å². The number of fused-ring (bicyclic) bond motifs is 1. The van der Waals surface area contributed by atoms with E-state index in [-0.39, 0.29) is 34.5 Å². The van der Waals surface area contributed by atoms with Crippen molar-refractivity contribution >= 4 is 20.9 Å². The molecule has 144 valence electrons. The predicted octanol–water partition coefficient (Wildman–Crippen LogP) is 2.99. The van der Waals surface area contributed by atoms with Gasteiger partial charge in [0.15, 0.2) is 0 Å². The Morgan fingerprint density at radius 1 is 0.815 bits per heavy atom. The summed E-state index contributed by atoms with van der Waals surface area (Å²) in [5.41, 5.74) is 1.81.